The van der Waals surface area contributed by atoms with Gasteiger partial charge in [-0.05, 0) is 19.3 Å². The highest BCUT2D eigenvalue weighted by Crippen LogP contribution is 2.24. The molecule has 1 atom stereocenters. The molecule has 1 aliphatic rings. The monoisotopic (exact) mass is 378 g/mol. The second-order valence-corrected chi connectivity index (χ2v) is 9.77. The van der Waals surface area contributed by atoms with E-state index in [1.54, 1.807) is 0 Å². The second kappa shape index (κ2) is 10.5. The minimum Gasteiger partial charge on any atom is -0.357 e. The first-order valence-corrected chi connectivity index (χ1v) is 11.8. The molecule has 0 bridgehead atoms. The molecule has 1 rings (SSSR count). The summed E-state index contributed by atoms with van der Waals surface area (Å²) in [6.45, 7) is 13.1. The van der Waals surface area contributed by atoms with E-state index in [2.05, 4.69) is 42.7 Å². The molecule has 0 aromatic heterocycles. The van der Waals surface area contributed by atoms with Crippen molar-refractivity contribution in [3.8, 4) is 0 Å². The molecule has 142 valence electrons. The maximum Gasteiger partial charge on any atom is 0.211 e. The molecule has 0 aromatic carbocycles. The molecule has 0 amide bonds. The summed E-state index contributed by atoms with van der Waals surface area (Å²) in [6.07, 6.45) is 2.01. The third kappa shape index (κ3) is 7.19. The van der Waals surface area contributed by atoms with Gasteiger partial charge >= 0.3 is 0 Å². The summed E-state index contributed by atoms with van der Waals surface area (Å²) in [5, 5.41) is 4.02. The van der Waals surface area contributed by atoms with Crippen LogP contribution in [0, 0.1) is 5.92 Å². The van der Waals surface area contributed by atoms with Gasteiger partial charge in [-0.1, -0.05) is 20.8 Å². The van der Waals surface area contributed by atoms with Crippen LogP contribution in [0.15, 0.2) is 4.99 Å². The number of hydrogen-bond donors (Lipinski definition) is 1. The maximum absolute atomic E-state index is 11.6. The Kier molecular flexibility index (Phi) is 9.44. The third-order valence-corrected chi connectivity index (χ3v) is 7.04. The Morgan fingerprint density at radius 1 is 1.42 bits per heavy atom. The van der Waals surface area contributed by atoms with Crippen molar-refractivity contribution < 1.29 is 8.42 Å². The Bertz CT molecular complexity index is 494. The van der Waals surface area contributed by atoms with Crippen LogP contribution in [0.25, 0.3) is 0 Å². The first-order valence-electron chi connectivity index (χ1n) is 8.89. The summed E-state index contributed by atoms with van der Waals surface area (Å²) in [4.78, 5) is 7.07. The molecule has 0 aromatic rings. The van der Waals surface area contributed by atoms with Gasteiger partial charge in [0, 0.05) is 50.3 Å². The number of sulfonamides is 1. The highest BCUT2D eigenvalue weighted by atomic mass is 32.2. The summed E-state index contributed by atoms with van der Waals surface area (Å²) >= 11 is 2.05. The summed E-state index contributed by atoms with van der Waals surface area (Å²) in [6, 6.07) is 0. The first kappa shape index (κ1) is 21.6. The van der Waals surface area contributed by atoms with Gasteiger partial charge in [0.15, 0.2) is 5.96 Å². The molecule has 0 saturated carbocycles. The van der Waals surface area contributed by atoms with Crippen molar-refractivity contribution in [3.05, 3.63) is 0 Å². The summed E-state index contributed by atoms with van der Waals surface area (Å²) in [5.74, 6) is 2.75. The Morgan fingerprint density at radius 2 is 2.12 bits per heavy atom. The van der Waals surface area contributed by atoms with E-state index in [1.165, 1.54) is 10.6 Å². The Hall–Kier alpha value is -0.470. The average Bonchev–Trinajstić information content (AvgIpc) is 2.52. The van der Waals surface area contributed by atoms with Gasteiger partial charge in [-0.3, -0.25) is 4.99 Å². The highest BCUT2D eigenvalue weighted by Gasteiger charge is 2.24. The van der Waals surface area contributed by atoms with Gasteiger partial charge in [-0.15, -0.1) is 0 Å². The molecule has 24 heavy (non-hydrogen) atoms. The van der Waals surface area contributed by atoms with E-state index >= 15 is 0 Å². The van der Waals surface area contributed by atoms with Gasteiger partial charge < -0.3 is 10.2 Å². The van der Waals surface area contributed by atoms with Crippen molar-refractivity contribution in [3.63, 3.8) is 0 Å². The number of rotatable bonds is 8. The van der Waals surface area contributed by atoms with E-state index in [4.69, 9.17) is 4.99 Å². The van der Waals surface area contributed by atoms with Crippen LogP contribution in [0.2, 0.25) is 0 Å². The molecule has 0 radical (unpaired) electrons. The van der Waals surface area contributed by atoms with Crippen LogP contribution in [-0.4, -0.2) is 80.1 Å². The summed E-state index contributed by atoms with van der Waals surface area (Å²) < 4.78 is 24.7. The van der Waals surface area contributed by atoms with Crippen molar-refractivity contribution in [2.75, 3.05) is 51.3 Å². The average molecular weight is 379 g/mol. The Balaban J connectivity index is 2.59. The molecule has 1 heterocycles. The van der Waals surface area contributed by atoms with Gasteiger partial charge in [-0.2, -0.15) is 11.8 Å². The van der Waals surface area contributed by atoms with Crippen molar-refractivity contribution in [2.45, 2.75) is 39.4 Å². The van der Waals surface area contributed by atoms with Crippen molar-refractivity contribution in [1.82, 2.24) is 14.5 Å². The van der Waals surface area contributed by atoms with Gasteiger partial charge in [0.05, 0.1) is 6.26 Å². The molecule has 1 N–H and O–H groups in total. The fraction of sp³-hybridized carbons (Fsp3) is 0.938. The molecular formula is C16H34N4O2S2. The molecule has 0 aliphatic carbocycles. The molecular weight excluding hydrogens is 344 g/mol. The second-order valence-electron chi connectivity index (χ2n) is 6.44. The van der Waals surface area contributed by atoms with E-state index in [0.717, 1.165) is 37.8 Å². The predicted molar refractivity (Wildman–Crippen MR) is 105 cm³/mol. The lowest BCUT2D eigenvalue weighted by Gasteiger charge is -2.36. The molecule has 1 saturated heterocycles. The van der Waals surface area contributed by atoms with Crippen LogP contribution >= 0.6 is 11.8 Å². The lowest BCUT2D eigenvalue weighted by molar-refractivity contribution is 0.380. The summed E-state index contributed by atoms with van der Waals surface area (Å²) in [5.41, 5.74) is 0. The fourth-order valence-corrected chi connectivity index (χ4v) is 4.92. The minimum absolute atomic E-state index is 0.516. The number of aliphatic imine (C=N–C) groups is 1. The number of thioether (sulfide) groups is 1. The van der Waals surface area contributed by atoms with E-state index in [-0.39, 0.29) is 0 Å². The topological polar surface area (TPSA) is 65.0 Å². The van der Waals surface area contributed by atoms with E-state index in [9.17, 15) is 8.42 Å². The number of nitrogens with one attached hydrogen (secondary N) is 1. The SMILES string of the molecule is CCNC(=NCCCN(CC)S(C)(=O)=O)N1CCSC(C(C)C)C1. The maximum atomic E-state index is 11.6. The lowest BCUT2D eigenvalue weighted by atomic mass is 10.1. The van der Waals surface area contributed by atoms with Crippen molar-refractivity contribution in [1.29, 1.82) is 0 Å². The highest BCUT2D eigenvalue weighted by molar-refractivity contribution is 8.00. The number of nitrogens with zero attached hydrogens (tertiary/aromatic N) is 3. The zero-order valence-corrected chi connectivity index (χ0v) is 17.4. The molecule has 0 spiro atoms. The quantitative estimate of drug-likeness (QED) is 0.396. The Morgan fingerprint density at radius 3 is 2.67 bits per heavy atom. The number of guanidine groups is 1. The predicted octanol–water partition coefficient (Wildman–Crippen LogP) is 1.70. The van der Waals surface area contributed by atoms with Crippen LogP contribution < -0.4 is 5.32 Å². The standard InChI is InChI=1S/C16H34N4O2S2/c1-6-17-16(19-11-12-23-15(13-19)14(3)4)18-9-8-10-20(7-2)24(5,21)22/h14-15H,6-13H2,1-5H3,(H,17,18). The van der Waals surface area contributed by atoms with E-state index in [0.29, 0.717) is 30.8 Å². The zero-order valence-electron chi connectivity index (χ0n) is 15.8. The molecule has 1 unspecified atom stereocenters. The molecule has 1 aliphatic heterocycles. The van der Waals surface area contributed by atoms with Crippen molar-refractivity contribution >= 4 is 27.7 Å². The van der Waals surface area contributed by atoms with Gasteiger partial charge in [0.25, 0.3) is 0 Å². The summed E-state index contributed by atoms with van der Waals surface area (Å²) in [7, 11) is -3.11. The fourth-order valence-electron chi connectivity index (χ4n) is 2.69. The largest absolute Gasteiger partial charge is 0.357 e. The van der Waals surface area contributed by atoms with Crippen LogP contribution in [0.1, 0.15) is 34.1 Å². The third-order valence-electron chi connectivity index (χ3n) is 4.12. The van der Waals surface area contributed by atoms with Crippen LogP contribution in [-0.2, 0) is 10.0 Å². The normalized spacial score (nSPS) is 20.0. The molecule has 1 fully saturated rings. The minimum atomic E-state index is -3.11. The van der Waals surface area contributed by atoms with E-state index in [1.807, 2.05) is 6.92 Å². The van der Waals surface area contributed by atoms with Gasteiger partial charge in [0.1, 0.15) is 0 Å². The molecule has 8 heteroatoms. The van der Waals surface area contributed by atoms with E-state index < -0.39 is 10.0 Å². The van der Waals surface area contributed by atoms with Crippen LogP contribution in [0.5, 0.6) is 0 Å². The van der Waals surface area contributed by atoms with Gasteiger partial charge in [-0.25, -0.2) is 12.7 Å². The van der Waals surface area contributed by atoms with Gasteiger partial charge in [0.2, 0.25) is 10.0 Å². The Labute approximate surface area is 152 Å². The first-order chi connectivity index (χ1) is 11.3. The van der Waals surface area contributed by atoms with Crippen molar-refractivity contribution in [2.24, 2.45) is 10.9 Å². The number of hydrogen-bond acceptors (Lipinski definition) is 4. The van der Waals surface area contributed by atoms with Crippen LogP contribution in [0.3, 0.4) is 0 Å². The smallest absolute Gasteiger partial charge is 0.211 e. The molecule has 6 nitrogen and oxygen atoms in total. The van der Waals surface area contributed by atoms with Crippen LogP contribution in [0.4, 0.5) is 0 Å². The zero-order chi connectivity index (χ0) is 18.2. The lowest BCUT2D eigenvalue weighted by Crippen LogP contribution is -2.49.